The average molecular weight is 600 g/mol. The molecule has 10 heteroatoms. The van der Waals surface area contributed by atoms with Gasteiger partial charge in [0.05, 0.1) is 17.7 Å². The molecule has 0 saturated carbocycles. The molecular weight excluding hydrogens is 562 g/mol. The summed E-state index contributed by atoms with van der Waals surface area (Å²) in [6.07, 6.45) is 0. The molecule has 3 aromatic carbocycles. The van der Waals surface area contributed by atoms with Crippen LogP contribution in [0, 0.1) is 19.8 Å². The van der Waals surface area contributed by atoms with E-state index in [9.17, 15) is 18.0 Å². The minimum atomic E-state index is -4.25. The lowest BCUT2D eigenvalue weighted by Gasteiger charge is -2.32. The Hall–Kier alpha value is -3.56. The number of anilines is 1. The van der Waals surface area contributed by atoms with Crippen molar-refractivity contribution in [2.24, 2.45) is 5.92 Å². The second-order valence-corrected chi connectivity index (χ2v) is 12.8. The van der Waals surface area contributed by atoms with E-state index in [-0.39, 0.29) is 39.7 Å². The van der Waals surface area contributed by atoms with Gasteiger partial charge in [0.15, 0.2) is 0 Å². The lowest BCUT2D eigenvalue weighted by Crippen LogP contribution is -2.51. The number of sulfonamides is 1. The maximum Gasteiger partial charge on any atom is 0.264 e. The molecule has 0 aliphatic rings. The molecular formula is C31H38ClN3O5S. The fourth-order valence-electron chi connectivity index (χ4n) is 4.13. The van der Waals surface area contributed by atoms with E-state index in [1.54, 1.807) is 31.2 Å². The summed E-state index contributed by atoms with van der Waals surface area (Å²) in [7, 11) is -2.84. The summed E-state index contributed by atoms with van der Waals surface area (Å²) in [5.41, 5.74) is 2.86. The lowest BCUT2D eigenvalue weighted by atomic mass is 10.1. The maximum absolute atomic E-state index is 14.1. The Bertz CT molecular complexity index is 1460. The number of carbonyl (C=O) groups excluding carboxylic acids is 2. The van der Waals surface area contributed by atoms with Crippen LogP contribution in [0.3, 0.4) is 0 Å². The van der Waals surface area contributed by atoms with E-state index in [1.807, 2.05) is 52.0 Å². The number of nitrogens with one attached hydrogen (secondary N) is 1. The number of ether oxygens (including phenoxy) is 1. The molecule has 3 rings (SSSR count). The van der Waals surface area contributed by atoms with Gasteiger partial charge in [0.1, 0.15) is 18.3 Å². The van der Waals surface area contributed by atoms with Crippen LogP contribution in [0.15, 0.2) is 71.6 Å². The van der Waals surface area contributed by atoms with E-state index >= 15 is 0 Å². The van der Waals surface area contributed by atoms with Crippen molar-refractivity contribution >= 4 is 39.1 Å². The zero-order valence-corrected chi connectivity index (χ0v) is 25.9. The third-order valence-electron chi connectivity index (χ3n) is 6.62. The molecule has 0 aliphatic heterocycles. The number of halogens is 1. The van der Waals surface area contributed by atoms with Gasteiger partial charge in [0.25, 0.3) is 10.0 Å². The van der Waals surface area contributed by atoms with Gasteiger partial charge < -0.3 is 15.0 Å². The number of methoxy groups -OCH3 is 1. The first-order chi connectivity index (χ1) is 19.3. The Morgan fingerprint density at radius 3 is 2.07 bits per heavy atom. The van der Waals surface area contributed by atoms with Crippen LogP contribution in [-0.4, -0.2) is 51.4 Å². The second kappa shape index (κ2) is 13.9. The Labute approximate surface area is 248 Å². The fraction of sp³-hybridized carbons (Fsp3) is 0.355. The van der Waals surface area contributed by atoms with Gasteiger partial charge >= 0.3 is 0 Å². The van der Waals surface area contributed by atoms with E-state index in [1.165, 1.54) is 30.2 Å². The first kappa shape index (κ1) is 32.0. The van der Waals surface area contributed by atoms with Crippen LogP contribution < -0.4 is 14.4 Å². The summed E-state index contributed by atoms with van der Waals surface area (Å²) >= 11 is 6.28. The molecule has 0 aliphatic carbocycles. The third-order valence-corrected chi connectivity index (χ3v) is 8.63. The zero-order valence-electron chi connectivity index (χ0n) is 24.3. The van der Waals surface area contributed by atoms with Gasteiger partial charge in [-0.1, -0.05) is 73.0 Å². The largest absolute Gasteiger partial charge is 0.495 e. The third kappa shape index (κ3) is 8.24. The Balaban J connectivity index is 2.08. The smallest absolute Gasteiger partial charge is 0.264 e. The van der Waals surface area contributed by atoms with Crippen molar-refractivity contribution in [1.82, 2.24) is 10.2 Å². The Kier molecular flexibility index (Phi) is 10.8. The molecule has 41 heavy (non-hydrogen) atoms. The molecule has 2 amide bonds. The molecule has 0 aromatic heterocycles. The molecule has 3 aromatic rings. The van der Waals surface area contributed by atoms with Crippen molar-refractivity contribution < 1.29 is 22.7 Å². The number of hydrogen-bond acceptors (Lipinski definition) is 5. The Morgan fingerprint density at radius 2 is 1.51 bits per heavy atom. The van der Waals surface area contributed by atoms with Crippen LogP contribution in [0.1, 0.15) is 37.5 Å². The number of rotatable bonds is 12. The molecule has 8 nitrogen and oxygen atoms in total. The number of aryl methyl sites for hydroxylation is 2. The Morgan fingerprint density at radius 1 is 0.927 bits per heavy atom. The SMILES string of the molecule is COc1ccc(Cl)cc1N(CC(=O)N(Cc1ccc(C)cc1)[C@@H](C)C(=O)NCC(C)C)S(=O)(=O)c1ccc(C)cc1. The highest BCUT2D eigenvalue weighted by Gasteiger charge is 2.34. The van der Waals surface area contributed by atoms with Gasteiger partial charge in [-0.05, 0) is 62.6 Å². The standard InChI is InChI=1S/C31H38ClN3O5S/c1-21(2)18-33-31(37)24(5)34(19-25-11-7-22(3)8-12-25)30(36)20-35(28-17-26(32)13-16-29(28)40-6)41(38,39)27-14-9-23(4)10-15-27/h7-17,21,24H,18-20H2,1-6H3,(H,33,37)/t24-/m0/s1. The van der Waals surface area contributed by atoms with Crippen LogP contribution in [0.4, 0.5) is 5.69 Å². The molecule has 0 heterocycles. The van der Waals surface area contributed by atoms with Gasteiger partial charge in [0, 0.05) is 18.1 Å². The van der Waals surface area contributed by atoms with Gasteiger partial charge in [-0.25, -0.2) is 8.42 Å². The van der Waals surface area contributed by atoms with Gasteiger partial charge in [-0.3, -0.25) is 13.9 Å². The van der Waals surface area contributed by atoms with Gasteiger partial charge in [-0.2, -0.15) is 0 Å². The number of nitrogens with zero attached hydrogens (tertiary/aromatic N) is 2. The molecule has 0 bridgehead atoms. The quantitative estimate of drug-likeness (QED) is 0.303. The highest BCUT2D eigenvalue weighted by Crippen LogP contribution is 2.35. The minimum absolute atomic E-state index is 0.00531. The maximum atomic E-state index is 14.1. The van der Waals surface area contributed by atoms with Crippen molar-refractivity contribution in [2.45, 2.75) is 52.1 Å². The predicted molar refractivity (Wildman–Crippen MR) is 163 cm³/mol. The summed E-state index contributed by atoms with van der Waals surface area (Å²) in [5.74, 6) is -0.438. The molecule has 0 saturated heterocycles. The number of carbonyl (C=O) groups is 2. The van der Waals surface area contributed by atoms with Crippen LogP contribution in [0.5, 0.6) is 5.75 Å². The van der Waals surface area contributed by atoms with Crippen molar-refractivity contribution in [3.05, 3.63) is 88.4 Å². The summed E-state index contributed by atoms with van der Waals surface area (Å²) in [6, 6.07) is 17.7. The van der Waals surface area contributed by atoms with Crippen molar-refractivity contribution in [2.75, 3.05) is 24.5 Å². The van der Waals surface area contributed by atoms with E-state index in [2.05, 4.69) is 5.32 Å². The first-order valence-corrected chi connectivity index (χ1v) is 15.2. The van der Waals surface area contributed by atoms with Gasteiger partial charge in [-0.15, -0.1) is 0 Å². The molecule has 1 atom stereocenters. The summed E-state index contributed by atoms with van der Waals surface area (Å²) < 4.78 is 34.5. The summed E-state index contributed by atoms with van der Waals surface area (Å²) in [6.45, 7) is 9.39. The molecule has 220 valence electrons. The molecule has 0 radical (unpaired) electrons. The van der Waals surface area contributed by atoms with Crippen molar-refractivity contribution in [3.8, 4) is 5.75 Å². The number of benzene rings is 3. The van der Waals surface area contributed by atoms with E-state index in [4.69, 9.17) is 16.3 Å². The normalized spacial score (nSPS) is 12.1. The van der Waals surface area contributed by atoms with Crippen LogP contribution >= 0.6 is 11.6 Å². The van der Waals surface area contributed by atoms with Crippen molar-refractivity contribution in [3.63, 3.8) is 0 Å². The molecule has 0 fully saturated rings. The fourth-order valence-corrected chi connectivity index (χ4v) is 5.72. The van der Waals surface area contributed by atoms with E-state index in [0.717, 1.165) is 21.0 Å². The summed E-state index contributed by atoms with van der Waals surface area (Å²) in [4.78, 5) is 28.6. The number of hydrogen-bond donors (Lipinski definition) is 1. The highest BCUT2D eigenvalue weighted by molar-refractivity contribution is 7.92. The molecule has 0 unspecified atom stereocenters. The molecule has 0 spiro atoms. The average Bonchev–Trinajstić information content (AvgIpc) is 2.93. The first-order valence-electron chi connectivity index (χ1n) is 13.4. The van der Waals surface area contributed by atoms with E-state index < -0.39 is 28.5 Å². The predicted octanol–water partition coefficient (Wildman–Crippen LogP) is 5.35. The zero-order chi connectivity index (χ0) is 30.3. The van der Waals surface area contributed by atoms with Crippen molar-refractivity contribution in [1.29, 1.82) is 0 Å². The van der Waals surface area contributed by atoms with Crippen LogP contribution in [0.25, 0.3) is 0 Å². The lowest BCUT2D eigenvalue weighted by molar-refractivity contribution is -0.139. The number of amides is 2. The molecule has 1 N–H and O–H groups in total. The van der Waals surface area contributed by atoms with Gasteiger partial charge in [0.2, 0.25) is 11.8 Å². The second-order valence-electron chi connectivity index (χ2n) is 10.5. The van der Waals surface area contributed by atoms with Crippen LogP contribution in [0.2, 0.25) is 5.02 Å². The topological polar surface area (TPSA) is 96.0 Å². The highest BCUT2D eigenvalue weighted by atomic mass is 35.5. The van der Waals surface area contributed by atoms with E-state index in [0.29, 0.717) is 6.54 Å². The monoisotopic (exact) mass is 599 g/mol. The minimum Gasteiger partial charge on any atom is -0.495 e. The van der Waals surface area contributed by atoms with Crippen LogP contribution in [-0.2, 0) is 26.2 Å². The summed E-state index contributed by atoms with van der Waals surface area (Å²) in [5, 5.41) is 3.16.